The number of nitrogens with zero attached hydrogens (tertiary/aromatic N) is 2. The Hall–Kier alpha value is -1.25. The summed E-state index contributed by atoms with van der Waals surface area (Å²) in [7, 11) is 1.000. The van der Waals surface area contributed by atoms with Crippen molar-refractivity contribution in [2.24, 2.45) is 0 Å². The van der Waals surface area contributed by atoms with E-state index in [1.54, 1.807) is 0 Å². The van der Waals surface area contributed by atoms with Crippen LogP contribution in [0.25, 0.3) is 5.69 Å². The van der Waals surface area contributed by atoms with Crippen molar-refractivity contribution in [3.05, 3.63) is 40.4 Å². The molecular formula is C10H5Cl2F3N2O2S. The minimum absolute atomic E-state index is 0.0601. The lowest BCUT2D eigenvalue weighted by molar-refractivity contribution is 0.446. The molecule has 1 heterocycles. The second-order valence-electron chi connectivity index (χ2n) is 3.78. The molecule has 4 nitrogen and oxygen atoms in total. The molecule has 0 spiro atoms. The van der Waals surface area contributed by atoms with Gasteiger partial charge < -0.3 is 0 Å². The van der Waals surface area contributed by atoms with Crippen molar-refractivity contribution in [3.63, 3.8) is 0 Å². The number of benzene rings is 1. The highest BCUT2D eigenvalue weighted by atomic mass is 35.7. The summed E-state index contributed by atoms with van der Waals surface area (Å²) in [6.07, 6.45) is 0. The number of halogens is 5. The van der Waals surface area contributed by atoms with E-state index in [2.05, 4.69) is 5.10 Å². The third-order valence-corrected chi connectivity index (χ3v) is 4.31. The summed E-state index contributed by atoms with van der Waals surface area (Å²) < 4.78 is 62.6. The van der Waals surface area contributed by atoms with Crippen LogP contribution in [0.4, 0.5) is 13.2 Å². The van der Waals surface area contributed by atoms with E-state index in [0.29, 0.717) is 12.1 Å². The smallest absolute Gasteiger partial charge is 0.220 e. The highest BCUT2D eigenvalue weighted by Gasteiger charge is 2.25. The zero-order valence-corrected chi connectivity index (χ0v) is 12.0. The van der Waals surface area contributed by atoms with Gasteiger partial charge in [0, 0.05) is 22.8 Å². The molecule has 0 aliphatic heterocycles. The molecule has 0 unspecified atom stereocenters. The molecule has 0 aliphatic carbocycles. The van der Waals surface area contributed by atoms with E-state index in [9.17, 15) is 21.6 Å². The van der Waals surface area contributed by atoms with Gasteiger partial charge in [-0.3, -0.25) is 0 Å². The number of hydrogen-bond donors (Lipinski definition) is 0. The minimum atomic E-state index is -4.18. The Morgan fingerprint density at radius 3 is 2.10 bits per heavy atom. The van der Waals surface area contributed by atoms with Crippen LogP contribution in [-0.4, -0.2) is 18.2 Å². The fourth-order valence-corrected chi connectivity index (χ4v) is 3.53. The molecule has 0 radical (unpaired) electrons. The molecule has 0 fully saturated rings. The Bertz CT molecular complexity index is 782. The molecule has 0 aliphatic rings. The fraction of sp³-hybridized carbons (Fsp3) is 0.100. The largest absolute Gasteiger partial charge is 0.266 e. The predicted molar refractivity (Wildman–Crippen MR) is 66.2 cm³/mol. The summed E-state index contributed by atoms with van der Waals surface area (Å²) in [6, 6.07) is 1.25. The van der Waals surface area contributed by atoms with Crippen LogP contribution in [-0.2, 0) is 9.05 Å². The monoisotopic (exact) mass is 344 g/mol. The molecule has 2 aromatic rings. The first kappa shape index (κ1) is 15.1. The molecular weight excluding hydrogens is 340 g/mol. The van der Waals surface area contributed by atoms with Crippen molar-refractivity contribution >= 4 is 31.3 Å². The summed E-state index contributed by atoms with van der Waals surface area (Å²) in [5.41, 5.74) is -0.337. The van der Waals surface area contributed by atoms with Gasteiger partial charge in [0.05, 0.1) is 11.4 Å². The van der Waals surface area contributed by atoms with E-state index in [0.717, 1.165) is 4.68 Å². The molecule has 0 bridgehead atoms. The standard InChI is InChI=1S/C10H5Cl2F3N2O2S/c1-4-9(20(12,18)19)10(11)17(16-4)5-2-6(13)8(15)7(14)3-5/h2-3H,1H3. The average molecular weight is 345 g/mol. The Labute approximate surface area is 121 Å². The molecule has 0 atom stereocenters. The third-order valence-electron chi connectivity index (χ3n) is 2.41. The molecule has 0 saturated carbocycles. The van der Waals surface area contributed by atoms with E-state index in [1.807, 2.05) is 0 Å². The van der Waals surface area contributed by atoms with Gasteiger partial charge in [0.25, 0.3) is 9.05 Å². The first-order valence-corrected chi connectivity index (χ1v) is 7.66. The average Bonchev–Trinajstić information content (AvgIpc) is 2.60. The van der Waals surface area contributed by atoms with E-state index in [1.165, 1.54) is 6.92 Å². The van der Waals surface area contributed by atoms with E-state index < -0.39 is 36.6 Å². The molecule has 2 rings (SSSR count). The van der Waals surface area contributed by atoms with Crippen LogP contribution in [0.5, 0.6) is 0 Å². The van der Waals surface area contributed by atoms with Crippen molar-refractivity contribution in [2.45, 2.75) is 11.8 Å². The van der Waals surface area contributed by atoms with Gasteiger partial charge in [0.2, 0.25) is 0 Å². The van der Waals surface area contributed by atoms with Gasteiger partial charge >= 0.3 is 0 Å². The van der Waals surface area contributed by atoms with Gasteiger partial charge in [-0.05, 0) is 6.92 Å². The molecule has 0 N–H and O–H groups in total. The van der Waals surface area contributed by atoms with Crippen LogP contribution in [0.2, 0.25) is 5.15 Å². The lowest BCUT2D eigenvalue weighted by Crippen LogP contribution is -2.01. The van der Waals surface area contributed by atoms with Gasteiger partial charge in [-0.2, -0.15) is 5.10 Å². The first-order chi connectivity index (χ1) is 9.12. The lowest BCUT2D eigenvalue weighted by atomic mass is 10.3. The second-order valence-corrected chi connectivity index (χ2v) is 6.64. The summed E-state index contributed by atoms with van der Waals surface area (Å²) in [5.74, 6) is -4.57. The molecule has 0 amide bonds. The Kier molecular flexibility index (Phi) is 3.74. The van der Waals surface area contributed by atoms with Crippen LogP contribution >= 0.6 is 22.3 Å². The third kappa shape index (κ3) is 2.50. The highest BCUT2D eigenvalue weighted by Crippen LogP contribution is 2.30. The zero-order valence-electron chi connectivity index (χ0n) is 9.66. The number of aryl methyl sites for hydroxylation is 1. The molecule has 1 aromatic heterocycles. The minimum Gasteiger partial charge on any atom is -0.220 e. The lowest BCUT2D eigenvalue weighted by Gasteiger charge is -2.04. The SMILES string of the molecule is Cc1nn(-c2cc(F)c(F)c(F)c2)c(Cl)c1S(=O)(=O)Cl. The van der Waals surface area contributed by atoms with Gasteiger partial charge in [-0.15, -0.1) is 0 Å². The maximum atomic E-state index is 13.2. The summed E-state index contributed by atoms with van der Waals surface area (Å²) in [5, 5.41) is 3.27. The van der Waals surface area contributed by atoms with E-state index >= 15 is 0 Å². The fourth-order valence-electron chi connectivity index (χ4n) is 1.60. The van der Waals surface area contributed by atoms with Gasteiger partial charge in [-0.25, -0.2) is 26.3 Å². The Morgan fingerprint density at radius 2 is 1.70 bits per heavy atom. The van der Waals surface area contributed by atoms with Gasteiger partial charge in [0.1, 0.15) is 4.90 Å². The van der Waals surface area contributed by atoms with Crippen LogP contribution in [0.1, 0.15) is 5.69 Å². The molecule has 1 aromatic carbocycles. The van der Waals surface area contributed by atoms with E-state index in [4.69, 9.17) is 22.3 Å². The van der Waals surface area contributed by atoms with Crippen molar-refractivity contribution in [2.75, 3.05) is 0 Å². The zero-order chi connectivity index (χ0) is 15.2. The normalized spacial score (nSPS) is 11.9. The Balaban J connectivity index is 2.73. The number of rotatable bonds is 2. The van der Waals surface area contributed by atoms with Gasteiger partial charge in [-0.1, -0.05) is 11.6 Å². The molecule has 108 valence electrons. The van der Waals surface area contributed by atoms with Crippen molar-refractivity contribution in [1.29, 1.82) is 0 Å². The predicted octanol–water partition coefficient (Wildman–Crippen LogP) is 3.18. The molecule has 0 saturated heterocycles. The van der Waals surface area contributed by atoms with Crippen LogP contribution in [0, 0.1) is 24.4 Å². The topological polar surface area (TPSA) is 52.0 Å². The summed E-state index contributed by atoms with van der Waals surface area (Å²) in [6.45, 7) is 1.30. The molecule has 10 heteroatoms. The summed E-state index contributed by atoms with van der Waals surface area (Å²) in [4.78, 5) is -0.481. The van der Waals surface area contributed by atoms with Crippen molar-refractivity contribution in [3.8, 4) is 5.69 Å². The first-order valence-electron chi connectivity index (χ1n) is 4.97. The maximum absolute atomic E-state index is 13.2. The highest BCUT2D eigenvalue weighted by molar-refractivity contribution is 8.13. The van der Waals surface area contributed by atoms with Crippen molar-refractivity contribution < 1.29 is 21.6 Å². The number of aromatic nitrogens is 2. The summed E-state index contributed by atoms with van der Waals surface area (Å²) >= 11 is 5.79. The Morgan fingerprint density at radius 1 is 1.20 bits per heavy atom. The van der Waals surface area contributed by atoms with Crippen LogP contribution in [0.3, 0.4) is 0 Å². The quantitative estimate of drug-likeness (QED) is 0.621. The van der Waals surface area contributed by atoms with Crippen LogP contribution in [0.15, 0.2) is 17.0 Å². The van der Waals surface area contributed by atoms with E-state index in [-0.39, 0.29) is 11.4 Å². The number of hydrogen-bond acceptors (Lipinski definition) is 3. The molecule has 20 heavy (non-hydrogen) atoms. The van der Waals surface area contributed by atoms with Gasteiger partial charge in [0.15, 0.2) is 22.6 Å². The van der Waals surface area contributed by atoms with Crippen molar-refractivity contribution in [1.82, 2.24) is 9.78 Å². The second kappa shape index (κ2) is 4.94. The van der Waals surface area contributed by atoms with Crippen LogP contribution < -0.4 is 0 Å². The maximum Gasteiger partial charge on any atom is 0.266 e.